The highest BCUT2D eigenvalue weighted by atomic mass is 79.9. The second-order valence-electron chi connectivity index (χ2n) is 5.23. The summed E-state index contributed by atoms with van der Waals surface area (Å²) in [5, 5.41) is 7.21. The van der Waals surface area contributed by atoms with Crippen LogP contribution in [0.1, 0.15) is 21.6 Å². The molecule has 23 heavy (non-hydrogen) atoms. The van der Waals surface area contributed by atoms with Crippen molar-refractivity contribution < 1.29 is 4.79 Å². The van der Waals surface area contributed by atoms with Gasteiger partial charge in [-0.15, -0.1) is 0 Å². The third kappa shape index (κ3) is 3.43. The van der Waals surface area contributed by atoms with E-state index >= 15 is 0 Å². The minimum atomic E-state index is -0.202. The summed E-state index contributed by atoms with van der Waals surface area (Å²) in [6.07, 6.45) is 2.67. The highest BCUT2D eigenvalue weighted by Crippen LogP contribution is 2.22. The summed E-state index contributed by atoms with van der Waals surface area (Å²) in [7, 11) is 0. The minimum Gasteiger partial charge on any atom is -0.347 e. The molecule has 1 amide bonds. The fourth-order valence-electron chi connectivity index (χ4n) is 2.37. The van der Waals surface area contributed by atoms with Gasteiger partial charge in [-0.25, -0.2) is 4.52 Å². The van der Waals surface area contributed by atoms with Crippen LogP contribution >= 0.6 is 15.9 Å². The van der Waals surface area contributed by atoms with Gasteiger partial charge in [0, 0.05) is 12.7 Å². The quantitative estimate of drug-likeness (QED) is 0.722. The summed E-state index contributed by atoms with van der Waals surface area (Å²) in [6, 6.07) is 13.8. The fraction of sp³-hybridized carbons (Fsp3) is 0.176. The molecule has 0 spiro atoms. The number of nitrogens with zero attached hydrogens (tertiary/aromatic N) is 2. The Hall–Kier alpha value is -2.18. The maximum Gasteiger partial charge on any atom is 0.273 e. The van der Waals surface area contributed by atoms with E-state index in [9.17, 15) is 4.79 Å². The molecule has 5 nitrogen and oxygen atoms in total. The topological polar surface area (TPSA) is 72.4 Å². The maximum absolute atomic E-state index is 12.3. The predicted octanol–water partition coefficient (Wildman–Crippen LogP) is 2.53. The summed E-state index contributed by atoms with van der Waals surface area (Å²) in [5.41, 5.74) is 9.03. The molecule has 0 aliphatic heterocycles. The van der Waals surface area contributed by atoms with Gasteiger partial charge >= 0.3 is 0 Å². The first-order valence-corrected chi connectivity index (χ1v) is 8.17. The SMILES string of the molecule is NCCc1ccc(CNC(=O)c2nn3ccccc3c2Br)cc1. The number of carbonyl (C=O) groups excluding carboxylic acids is 1. The lowest BCUT2D eigenvalue weighted by molar-refractivity contribution is 0.0945. The van der Waals surface area contributed by atoms with Crippen molar-refractivity contribution in [1.29, 1.82) is 0 Å². The number of benzene rings is 1. The van der Waals surface area contributed by atoms with Gasteiger partial charge in [0.05, 0.1) is 9.99 Å². The van der Waals surface area contributed by atoms with Crippen LogP contribution in [0.15, 0.2) is 53.1 Å². The van der Waals surface area contributed by atoms with Gasteiger partial charge in [-0.3, -0.25) is 4.79 Å². The molecule has 2 aromatic heterocycles. The van der Waals surface area contributed by atoms with E-state index in [2.05, 4.69) is 26.3 Å². The molecule has 1 aromatic carbocycles. The van der Waals surface area contributed by atoms with E-state index in [4.69, 9.17) is 5.73 Å². The second kappa shape index (κ2) is 6.93. The summed E-state index contributed by atoms with van der Waals surface area (Å²) in [5.74, 6) is -0.202. The molecule has 2 heterocycles. The fourth-order valence-corrected chi connectivity index (χ4v) is 2.94. The average Bonchev–Trinajstić information content (AvgIpc) is 2.92. The van der Waals surface area contributed by atoms with Crippen LogP contribution in [0, 0.1) is 0 Å². The number of aromatic nitrogens is 2. The molecule has 3 rings (SSSR count). The maximum atomic E-state index is 12.3. The number of amides is 1. The van der Waals surface area contributed by atoms with Crippen LogP contribution in [0.5, 0.6) is 0 Å². The van der Waals surface area contributed by atoms with E-state index in [1.165, 1.54) is 5.56 Å². The molecule has 0 aliphatic rings. The van der Waals surface area contributed by atoms with Crippen molar-refractivity contribution in [3.05, 3.63) is 70.0 Å². The molecule has 0 fully saturated rings. The van der Waals surface area contributed by atoms with E-state index < -0.39 is 0 Å². The van der Waals surface area contributed by atoms with Gasteiger partial charge in [0.15, 0.2) is 5.69 Å². The average molecular weight is 373 g/mol. The molecule has 6 heteroatoms. The molecular weight excluding hydrogens is 356 g/mol. The van der Waals surface area contributed by atoms with Gasteiger partial charge in [-0.2, -0.15) is 5.10 Å². The molecule has 0 saturated carbocycles. The van der Waals surface area contributed by atoms with Gasteiger partial charge in [0.2, 0.25) is 0 Å². The molecule has 0 saturated heterocycles. The highest BCUT2D eigenvalue weighted by Gasteiger charge is 2.16. The molecule has 0 aliphatic carbocycles. The van der Waals surface area contributed by atoms with Crippen LogP contribution in [-0.4, -0.2) is 22.1 Å². The van der Waals surface area contributed by atoms with Crippen molar-refractivity contribution in [2.45, 2.75) is 13.0 Å². The Bertz CT molecular complexity index is 826. The Balaban J connectivity index is 1.69. The normalized spacial score (nSPS) is 10.9. The largest absolute Gasteiger partial charge is 0.347 e. The molecule has 0 radical (unpaired) electrons. The first-order chi connectivity index (χ1) is 11.2. The van der Waals surface area contributed by atoms with Crippen molar-refractivity contribution in [3.8, 4) is 0 Å². The number of rotatable bonds is 5. The lowest BCUT2D eigenvalue weighted by Crippen LogP contribution is -2.23. The smallest absolute Gasteiger partial charge is 0.273 e. The van der Waals surface area contributed by atoms with Crippen LogP contribution in [0.4, 0.5) is 0 Å². The molecule has 118 valence electrons. The monoisotopic (exact) mass is 372 g/mol. The molecular formula is C17H17BrN4O. The number of pyridine rings is 1. The van der Waals surface area contributed by atoms with E-state index in [1.807, 2.05) is 48.7 Å². The summed E-state index contributed by atoms with van der Waals surface area (Å²) in [4.78, 5) is 12.3. The lowest BCUT2D eigenvalue weighted by Gasteiger charge is -2.05. The van der Waals surface area contributed by atoms with Crippen molar-refractivity contribution in [2.24, 2.45) is 5.73 Å². The first kappa shape index (κ1) is 15.7. The lowest BCUT2D eigenvalue weighted by atomic mass is 10.1. The first-order valence-electron chi connectivity index (χ1n) is 7.38. The third-order valence-corrected chi connectivity index (χ3v) is 4.39. The Morgan fingerprint density at radius 2 is 1.91 bits per heavy atom. The number of fused-ring (bicyclic) bond motifs is 1. The van der Waals surface area contributed by atoms with Crippen molar-refractivity contribution >= 4 is 27.4 Å². The number of hydrogen-bond acceptors (Lipinski definition) is 3. The third-order valence-electron chi connectivity index (χ3n) is 3.60. The minimum absolute atomic E-state index is 0.202. The summed E-state index contributed by atoms with van der Waals surface area (Å²) in [6.45, 7) is 1.10. The van der Waals surface area contributed by atoms with Gasteiger partial charge < -0.3 is 11.1 Å². The van der Waals surface area contributed by atoms with E-state index in [0.29, 0.717) is 23.3 Å². The molecule has 0 unspecified atom stereocenters. The standard InChI is InChI=1S/C17H17BrN4O/c18-15-14-3-1-2-10-22(14)21-16(15)17(23)20-11-13-6-4-12(5-7-13)8-9-19/h1-7,10H,8-9,11,19H2,(H,20,23). The van der Waals surface area contributed by atoms with Crippen molar-refractivity contribution in [2.75, 3.05) is 6.54 Å². The van der Waals surface area contributed by atoms with Gasteiger partial charge in [-0.1, -0.05) is 30.3 Å². The van der Waals surface area contributed by atoms with Crippen LogP contribution in [0.3, 0.4) is 0 Å². The van der Waals surface area contributed by atoms with Crippen molar-refractivity contribution in [3.63, 3.8) is 0 Å². The molecule has 3 aromatic rings. The summed E-state index contributed by atoms with van der Waals surface area (Å²) >= 11 is 3.45. The predicted molar refractivity (Wildman–Crippen MR) is 93.3 cm³/mol. The molecule has 0 bridgehead atoms. The second-order valence-corrected chi connectivity index (χ2v) is 6.02. The Labute approximate surface area is 142 Å². The van der Waals surface area contributed by atoms with E-state index in [0.717, 1.165) is 17.5 Å². The number of halogens is 1. The Kier molecular flexibility index (Phi) is 4.73. The zero-order valence-corrected chi connectivity index (χ0v) is 14.1. The number of nitrogens with two attached hydrogens (primary N) is 1. The van der Waals surface area contributed by atoms with Crippen LogP contribution in [0.2, 0.25) is 0 Å². The number of hydrogen-bond donors (Lipinski definition) is 2. The van der Waals surface area contributed by atoms with Crippen LogP contribution in [-0.2, 0) is 13.0 Å². The van der Waals surface area contributed by atoms with E-state index in [-0.39, 0.29) is 5.91 Å². The summed E-state index contributed by atoms with van der Waals surface area (Å²) < 4.78 is 2.38. The Morgan fingerprint density at radius 1 is 1.17 bits per heavy atom. The molecule has 3 N–H and O–H groups in total. The zero-order chi connectivity index (χ0) is 16.2. The number of carbonyl (C=O) groups is 1. The van der Waals surface area contributed by atoms with Crippen molar-refractivity contribution in [1.82, 2.24) is 14.9 Å². The van der Waals surface area contributed by atoms with Crippen LogP contribution in [0.25, 0.3) is 5.52 Å². The van der Waals surface area contributed by atoms with Gasteiger partial charge in [0.1, 0.15) is 0 Å². The number of nitrogens with one attached hydrogen (secondary N) is 1. The zero-order valence-electron chi connectivity index (χ0n) is 12.5. The van der Waals surface area contributed by atoms with Gasteiger partial charge in [0.25, 0.3) is 5.91 Å². The highest BCUT2D eigenvalue weighted by molar-refractivity contribution is 9.10. The van der Waals surface area contributed by atoms with Gasteiger partial charge in [-0.05, 0) is 52.2 Å². The van der Waals surface area contributed by atoms with E-state index in [1.54, 1.807) is 4.52 Å². The Morgan fingerprint density at radius 3 is 2.61 bits per heavy atom. The van der Waals surface area contributed by atoms with Crippen LogP contribution < -0.4 is 11.1 Å². The molecule has 0 atom stereocenters.